The molecule has 0 radical (unpaired) electrons. The molecule has 0 aliphatic carbocycles. The number of nitrogens with one attached hydrogen (secondary N) is 1. The van der Waals surface area contributed by atoms with Crippen molar-refractivity contribution in [3.63, 3.8) is 0 Å². The number of aromatic amines is 1. The van der Waals surface area contributed by atoms with Crippen LogP contribution in [0.2, 0.25) is 0 Å². The van der Waals surface area contributed by atoms with Crippen molar-refractivity contribution >= 4 is 22.4 Å². The molecule has 0 amide bonds. The van der Waals surface area contributed by atoms with Gasteiger partial charge in [-0.3, -0.25) is 9.97 Å². The summed E-state index contributed by atoms with van der Waals surface area (Å²) in [6.45, 7) is 0.908. The number of fused-ring (bicyclic) bond motifs is 1. The summed E-state index contributed by atoms with van der Waals surface area (Å²) in [5.74, 6) is 0.0512. The number of aliphatic imine (C=N–C) groups is 1. The number of alkyl halides is 2. The minimum absolute atomic E-state index is 0.0774. The van der Waals surface area contributed by atoms with Crippen molar-refractivity contribution in [2.75, 3.05) is 0 Å². The molecule has 0 saturated heterocycles. The highest BCUT2D eigenvalue weighted by atomic mass is 19.3. The smallest absolute Gasteiger partial charge is 0.333 e. The van der Waals surface area contributed by atoms with Gasteiger partial charge in [0.2, 0.25) is 0 Å². The van der Waals surface area contributed by atoms with E-state index in [9.17, 15) is 13.9 Å². The molecular formula is C19H16F2N6O. The zero-order chi connectivity index (χ0) is 19.8. The first-order valence-electron chi connectivity index (χ1n) is 8.44. The summed E-state index contributed by atoms with van der Waals surface area (Å²) in [4.78, 5) is 15.7. The van der Waals surface area contributed by atoms with E-state index < -0.39 is 6.55 Å². The molecule has 4 heterocycles. The number of rotatable bonds is 4. The van der Waals surface area contributed by atoms with E-state index in [-0.39, 0.29) is 11.7 Å². The first kappa shape index (κ1) is 17.8. The molecule has 28 heavy (non-hydrogen) atoms. The molecule has 7 nitrogen and oxygen atoms in total. The molecule has 142 valence electrons. The Balaban J connectivity index is 1.81. The lowest BCUT2D eigenvalue weighted by Gasteiger charge is -2.05. The number of nitrogens with zero attached hydrogens (tertiary/aromatic N) is 5. The molecule has 4 rings (SSSR count). The Bertz CT molecular complexity index is 1190. The second kappa shape index (κ2) is 6.84. The van der Waals surface area contributed by atoms with E-state index in [0.29, 0.717) is 32.6 Å². The topological polar surface area (TPSA) is 92.0 Å². The van der Waals surface area contributed by atoms with Crippen LogP contribution in [-0.2, 0) is 0 Å². The van der Waals surface area contributed by atoms with Crippen LogP contribution in [0.15, 0.2) is 48.0 Å². The van der Waals surface area contributed by atoms with Crippen molar-refractivity contribution in [1.29, 1.82) is 0 Å². The van der Waals surface area contributed by atoms with Crippen molar-refractivity contribution in [2.24, 2.45) is 4.99 Å². The van der Waals surface area contributed by atoms with Gasteiger partial charge in [0.05, 0.1) is 28.7 Å². The summed E-state index contributed by atoms with van der Waals surface area (Å²) in [7, 11) is 0. The number of aromatic hydroxyl groups is 1. The third-order valence-electron chi connectivity index (χ3n) is 4.42. The number of H-pyrrole nitrogens is 1. The Kier molecular flexibility index (Phi) is 4.34. The Morgan fingerprint density at radius 3 is 2.82 bits per heavy atom. The third kappa shape index (κ3) is 3.11. The van der Waals surface area contributed by atoms with Crippen LogP contribution in [0.25, 0.3) is 22.2 Å². The quantitative estimate of drug-likeness (QED) is 0.513. The number of hydrogen-bond donors (Lipinski definition) is 2. The molecule has 0 bridgehead atoms. The Labute approximate surface area is 158 Å². The molecule has 2 N–H and O–H groups in total. The zero-order valence-electron chi connectivity index (χ0n) is 15.1. The molecule has 4 aromatic heterocycles. The second-order valence-electron chi connectivity index (χ2n) is 6.28. The highest BCUT2D eigenvalue weighted by Crippen LogP contribution is 2.31. The summed E-state index contributed by atoms with van der Waals surface area (Å²) >= 11 is 0. The molecule has 9 heteroatoms. The normalized spacial score (nSPS) is 12.2. The van der Waals surface area contributed by atoms with Gasteiger partial charge in [0.1, 0.15) is 0 Å². The number of aryl methyl sites for hydroxylation is 1. The van der Waals surface area contributed by atoms with E-state index in [1.807, 2.05) is 19.1 Å². The lowest BCUT2D eigenvalue weighted by atomic mass is 10.0. The summed E-state index contributed by atoms with van der Waals surface area (Å²) in [5.41, 5.74) is 4.13. The highest BCUT2D eigenvalue weighted by molar-refractivity contribution is 6.13. The second-order valence-corrected chi connectivity index (χ2v) is 6.28. The first-order valence-corrected chi connectivity index (χ1v) is 8.44. The van der Waals surface area contributed by atoms with Crippen LogP contribution in [0.1, 0.15) is 24.6 Å². The minimum Gasteiger partial charge on any atom is -0.494 e. The van der Waals surface area contributed by atoms with Crippen LogP contribution in [0, 0.1) is 6.92 Å². The summed E-state index contributed by atoms with van der Waals surface area (Å²) in [6, 6.07) is 5.11. The van der Waals surface area contributed by atoms with Gasteiger partial charge in [-0.15, -0.1) is 5.10 Å². The van der Waals surface area contributed by atoms with Crippen molar-refractivity contribution in [3.8, 4) is 17.1 Å². The van der Waals surface area contributed by atoms with E-state index in [4.69, 9.17) is 0 Å². The number of hydrogen-bond acceptors (Lipinski definition) is 5. The van der Waals surface area contributed by atoms with E-state index in [0.717, 1.165) is 17.3 Å². The fraction of sp³-hybridized carbons (Fsp3) is 0.158. The summed E-state index contributed by atoms with van der Waals surface area (Å²) in [5, 5.41) is 14.8. The van der Waals surface area contributed by atoms with Gasteiger partial charge in [-0.2, -0.15) is 8.78 Å². The van der Waals surface area contributed by atoms with Gasteiger partial charge < -0.3 is 10.1 Å². The summed E-state index contributed by atoms with van der Waals surface area (Å²) in [6.07, 6.45) is 6.21. The fourth-order valence-corrected chi connectivity index (χ4v) is 3.05. The van der Waals surface area contributed by atoms with E-state index in [1.165, 1.54) is 6.07 Å². The fourth-order valence-electron chi connectivity index (χ4n) is 3.05. The van der Waals surface area contributed by atoms with Crippen molar-refractivity contribution < 1.29 is 13.9 Å². The zero-order valence-corrected chi connectivity index (χ0v) is 15.1. The number of aromatic nitrogens is 5. The Morgan fingerprint density at radius 1 is 1.29 bits per heavy atom. The molecular weight excluding hydrogens is 366 g/mol. The lowest BCUT2D eigenvalue weighted by Crippen LogP contribution is -1.98. The van der Waals surface area contributed by atoms with E-state index >= 15 is 0 Å². The Morgan fingerprint density at radius 2 is 2.11 bits per heavy atom. The Hall–Kier alpha value is -3.62. The van der Waals surface area contributed by atoms with Gasteiger partial charge in [0, 0.05) is 35.6 Å². The van der Waals surface area contributed by atoms with Crippen LogP contribution in [0.4, 0.5) is 14.6 Å². The van der Waals surface area contributed by atoms with Crippen LogP contribution in [-0.4, -0.2) is 35.6 Å². The van der Waals surface area contributed by atoms with Gasteiger partial charge >= 0.3 is 6.55 Å². The number of pyridine rings is 2. The lowest BCUT2D eigenvalue weighted by molar-refractivity contribution is 0.0568. The molecule has 4 aromatic rings. The van der Waals surface area contributed by atoms with Gasteiger partial charge in [-0.25, -0.2) is 9.67 Å². The van der Waals surface area contributed by atoms with Gasteiger partial charge in [-0.1, -0.05) is 0 Å². The predicted molar refractivity (Wildman–Crippen MR) is 101 cm³/mol. The van der Waals surface area contributed by atoms with Gasteiger partial charge in [0.15, 0.2) is 11.7 Å². The monoisotopic (exact) mass is 382 g/mol. The van der Waals surface area contributed by atoms with Gasteiger partial charge in [-0.05, 0) is 31.5 Å². The maximum absolute atomic E-state index is 12.7. The maximum Gasteiger partial charge on any atom is 0.333 e. The van der Waals surface area contributed by atoms with Crippen molar-refractivity contribution in [1.82, 2.24) is 24.7 Å². The molecule has 0 unspecified atom stereocenters. The van der Waals surface area contributed by atoms with Crippen LogP contribution in [0.5, 0.6) is 5.88 Å². The minimum atomic E-state index is -2.73. The molecule has 0 saturated carbocycles. The standard InChI is InChI=1S/C19H16F2N6O/c1-10-3-5-22-8-13(10)14-7-12-15(9-23-14)25-18(28)17(12)11(2)24-16-4-6-27(26-16)19(20)21/h3-9,19,25,28H,1-2H3. The van der Waals surface area contributed by atoms with Gasteiger partial charge in [0.25, 0.3) is 0 Å². The third-order valence-corrected chi connectivity index (χ3v) is 4.42. The molecule has 0 aromatic carbocycles. The highest BCUT2D eigenvalue weighted by Gasteiger charge is 2.16. The van der Waals surface area contributed by atoms with Crippen molar-refractivity contribution in [2.45, 2.75) is 20.4 Å². The van der Waals surface area contributed by atoms with E-state index in [2.05, 4.69) is 25.0 Å². The van der Waals surface area contributed by atoms with Crippen LogP contribution >= 0.6 is 0 Å². The molecule has 0 fully saturated rings. The molecule has 0 spiro atoms. The molecule has 0 aliphatic heterocycles. The summed E-state index contributed by atoms with van der Waals surface area (Å²) < 4.78 is 25.9. The SMILES string of the molecule is CC(=Nc1ccn(C(F)F)n1)c1c(O)[nH]c2cnc(-c3cnccc3C)cc12. The number of halogens is 2. The molecule has 0 aliphatic rings. The first-order chi connectivity index (χ1) is 13.4. The maximum atomic E-state index is 12.7. The average molecular weight is 382 g/mol. The predicted octanol–water partition coefficient (Wildman–Crippen LogP) is 4.37. The average Bonchev–Trinajstić information content (AvgIpc) is 3.25. The molecule has 0 atom stereocenters. The van der Waals surface area contributed by atoms with Crippen molar-refractivity contribution in [3.05, 3.63) is 54.1 Å². The van der Waals surface area contributed by atoms with E-state index in [1.54, 1.807) is 25.5 Å². The largest absolute Gasteiger partial charge is 0.494 e. The van der Waals surface area contributed by atoms with Crippen LogP contribution in [0.3, 0.4) is 0 Å². The van der Waals surface area contributed by atoms with Crippen LogP contribution < -0.4 is 0 Å².